The lowest BCUT2D eigenvalue weighted by Gasteiger charge is -2.34. The second kappa shape index (κ2) is 8.45. The number of piperazine rings is 1. The smallest absolute Gasteiger partial charge is 0.213 e. The molecule has 1 aromatic carbocycles. The molecule has 0 atom stereocenters. The molecular weight excluding hydrogens is 400 g/mol. The molecule has 0 radical (unpaired) electrons. The Kier molecular flexibility index (Phi) is 5.74. The number of benzene rings is 1. The van der Waals surface area contributed by atoms with Crippen molar-refractivity contribution in [1.82, 2.24) is 24.2 Å². The summed E-state index contributed by atoms with van der Waals surface area (Å²) in [5.74, 6) is 0.850. The Morgan fingerprint density at radius 2 is 1.70 bits per heavy atom. The van der Waals surface area contributed by atoms with Gasteiger partial charge in [-0.25, -0.2) is 23.4 Å². The molecule has 8 nitrogen and oxygen atoms in total. The van der Waals surface area contributed by atoms with E-state index in [1.54, 1.807) is 23.8 Å². The van der Waals surface area contributed by atoms with E-state index in [-0.39, 0.29) is 7.18 Å². The van der Waals surface area contributed by atoms with Gasteiger partial charge in [-0.3, -0.25) is 4.98 Å². The zero-order valence-electron chi connectivity index (χ0n) is 17.1. The van der Waals surface area contributed by atoms with Crippen LogP contribution in [0.2, 0.25) is 0 Å². The van der Waals surface area contributed by atoms with E-state index in [0.29, 0.717) is 37.6 Å². The molecular formula is C21H26N6O2S. The van der Waals surface area contributed by atoms with E-state index in [1.807, 2.05) is 43.3 Å². The predicted molar refractivity (Wildman–Crippen MR) is 119 cm³/mol. The van der Waals surface area contributed by atoms with Crippen molar-refractivity contribution >= 4 is 15.8 Å². The van der Waals surface area contributed by atoms with Crippen molar-refractivity contribution in [3.8, 4) is 22.6 Å². The van der Waals surface area contributed by atoms with Gasteiger partial charge in [0.05, 0.1) is 29.0 Å². The van der Waals surface area contributed by atoms with Gasteiger partial charge in [-0.2, -0.15) is 4.31 Å². The molecule has 0 bridgehead atoms. The van der Waals surface area contributed by atoms with E-state index >= 15 is 0 Å². The van der Waals surface area contributed by atoms with Gasteiger partial charge in [0.25, 0.3) is 0 Å². The molecule has 1 aliphatic heterocycles. The Morgan fingerprint density at radius 3 is 2.40 bits per heavy atom. The highest BCUT2D eigenvalue weighted by Gasteiger charge is 2.26. The summed E-state index contributed by atoms with van der Waals surface area (Å²) in [4.78, 5) is 20.2. The van der Waals surface area contributed by atoms with Gasteiger partial charge in [0.15, 0.2) is 0 Å². The second-order valence-corrected chi connectivity index (χ2v) is 9.36. The third kappa shape index (κ3) is 4.17. The quantitative estimate of drug-likeness (QED) is 0.619. The summed E-state index contributed by atoms with van der Waals surface area (Å²) in [6, 6.07) is 11.8. The van der Waals surface area contributed by atoms with Crippen molar-refractivity contribution in [2.24, 2.45) is 0 Å². The van der Waals surface area contributed by atoms with Crippen molar-refractivity contribution in [1.29, 1.82) is 0 Å². The maximum absolute atomic E-state index is 12.1. The Hall–Kier alpha value is -2.91. The first-order chi connectivity index (χ1) is 14.5. The van der Waals surface area contributed by atoms with Gasteiger partial charge in [-0.05, 0) is 19.9 Å². The molecule has 9 heteroatoms. The molecule has 1 saturated heterocycles. The molecule has 4 rings (SSSR count). The molecule has 0 spiro atoms. The van der Waals surface area contributed by atoms with Crippen LogP contribution < -0.4 is 4.90 Å². The van der Waals surface area contributed by atoms with Crippen molar-refractivity contribution in [3.63, 3.8) is 0 Å². The largest absolute Gasteiger partial charge is 0.353 e. The van der Waals surface area contributed by atoms with Crippen molar-refractivity contribution in [2.45, 2.75) is 13.8 Å². The molecule has 0 aliphatic carbocycles. The lowest BCUT2D eigenvalue weighted by Crippen LogP contribution is -2.49. The van der Waals surface area contributed by atoms with Gasteiger partial charge in [0.2, 0.25) is 10.0 Å². The minimum absolute atomic E-state index is 0. The number of sulfonamides is 1. The van der Waals surface area contributed by atoms with E-state index in [2.05, 4.69) is 19.9 Å². The Bertz CT molecular complexity index is 1140. The lowest BCUT2D eigenvalue weighted by atomic mass is 10.1. The van der Waals surface area contributed by atoms with Gasteiger partial charge >= 0.3 is 0 Å². The van der Waals surface area contributed by atoms with E-state index in [0.717, 1.165) is 22.8 Å². The zero-order chi connectivity index (χ0) is 21.1. The van der Waals surface area contributed by atoms with Crippen molar-refractivity contribution < 1.29 is 9.84 Å². The van der Waals surface area contributed by atoms with Crippen LogP contribution in [-0.2, 0) is 10.0 Å². The highest BCUT2D eigenvalue weighted by Crippen LogP contribution is 2.25. The minimum Gasteiger partial charge on any atom is -0.353 e. The van der Waals surface area contributed by atoms with Crippen LogP contribution in [0.3, 0.4) is 0 Å². The first kappa shape index (κ1) is 20.4. The van der Waals surface area contributed by atoms with Crippen LogP contribution in [0.1, 0.15) is 14.0 Å². The highest BCUT2D eigenvalue weighted by molar-refractivity contribution is 7.89. The van der Waals surface area contributed by atoms with E-state index in [1.165, 1.54) is 0 Å². The van der Waals surface area contributed by atoms with Gasteiger partial charge in [0.1, 0.15) is 17.8 Å². The average Bonchev–Trinajstić information content (AvgIpc) is 2.80. The summed E-state index contributed by atoms with van der Waals surface area (Å²) in [7, 11) is -3.16. The van der Waals surface area contributed by atoms with Crippen LogP contribution >= 0.6 is 0 Å². The standard InChI is InChI=1S/C21H24N6O2S.H2/c1-3-30(28,29)27-11-9-26(10-12-27)20-14-22-16(2)21(25-20)19-13-18(23-15-24-19)17-7-5-4-6-8-17;/h4-8,13-15H,3,9-12H2,1-2H3;1H. The fraction of sp³-hybridized carbons (Fsp3) is 0.333. The summed E-state index contributed by atoms with van der Waals surface area (Å²) in [5.41, 5.74) is 4.03. The minimum atomic E-state index is -3.16. The molecule has 0 amide bonds. The molecule has 0 unspecified atom stereocenters. The van der Waals surface area contributed by atoms with Gasteiger partial charge < -0.3 is 4.90 Å². The number of anilines is 1. The number of nitrogens with zero attached hydrogens (tertiary/aromatic N) is 6. The van der Waals surface area contributed by atoms with Crippen LogP contribution in [0.5, 0.6) is 0 Å². The third-order valence-electron chi connectivity index (χ3n) is 5.24. The van der Waals surface area contributed by atoms with Crippen LogP contribution in [0.4, 0.5) is 5.82 Å². The average molecular weight is 427 g/mol. The summed E-state index contributed by atoms with van der Waals surface area (Å²) >= 11 is 0. The first-order valence-corrected chi connectivity index (χ1v) is 11.5. The molecule has 3 heterocycles. The number of hydrogen-bond acceptors (Lipinski definition) is 7. The van der Waals surface area contributed by atoms with Crippen LogP contribution in [0, 0.1) is 6.92 Å². The maximum atomic E-state index is 12.1. The molecule has 1 fully saturated rings. The van der Waals surface area contributed by atoms with Crippen molar-refractivity contribution in [2.75, 3.05) is 36.8 Å². The number of aromatic nitrogens is 4. The Balaban J connectivity index is 0.00000272. The SMILES string of the molecule is CCS(=O)(=O)N1CCN(c2cnc(C)c(-c3cc(-c4ccccc4)ncn3)n2)CC1.[HH]. The molecule has 30 heavy (non-hydrogen) atoms. The summed E-state index contributed by atoms with van der Waals surface area (Å²) in [6.07, 6.45) is 3.28. The second-order valence-electron chi connectivity index (χ2n) is 7.10. The fourth-order valence-electron chi connectivity index (χ4n) is 3.47. The third-order valence-corrected chi connectivity index (χ3v) is 7.12. The molecule has 1 aliphatic rings. The van der Waals surface area contributed by atoms with Gasteiger partial charge in [0, 0.05) is 33.2 Å². The first-order valence-electron chi connectivity index (χ1n) is 9.92. The molecule has 2 aromatic heterocycles. The van der Waals surface area contributed by atoms with Gasteiger partial charge in [-0.15, -0.1) is 0 Å². The summed E-state index contributed by atoms with van der Waals surface area (Å²) in [6.45, 7) is 5.64. The lowest BCUT2D eigenvalue weighted by molar-refractivity contribution is 0.384. The molecule has 0 N–H and O–H groups in total. The molecule has 158 valence electrons. The van der Waals surface area contributed by atoms with E-state index < -0.39 is 10.0 Å². The number of hydrogen-bond donors (Lipinski definition) is 0. The highest BCUT2D eigenvalue weighted by atomic mass is 32.2. The van der Waals surface area contributed by atoms with E-state index in [4.69, 9.17) is 4.98 Å². The van der Waals surface area contributed by atoms with E-state index in [9.17, 15) is 8.42 Å². The van der Waals surface area contributed by atoms with Crippen molar-refractivity contribution in [3.05, 3.63) is 54.6 Å². The monoisotopic (exact) mass is 426 g/mol. The normalized spacial score (nSPS) is 15.3. The Labute approximate surface area is 178 Å². The molecule has 3 aromatic rings. The molecule has 0 saturated carbocycles. The fourth-order valence-corrected chi connectivity index (χ4v) is 4.55. The summed E-state index contributed by atoms with van der Waals surface area (Å²) in [5, 5.41) is 0. The number of aryl methyl sites for hydroxylation is 1. The van der Waals surface area contributed by atoms with Crippen LogP contribution in [0.25, 0.3) is 22.6 Å². The summed E-state index contributed by atoms with van der Waals surface area (Å²) < 4.78 is 25.7. The van der Waals surface area contributed by atoms with Crippen LogP contribution in [-0.4, -0.2) is 64.6 Å². The topological polar surface area (TPSA) is 92.2 Å². The number of rotatable bonds is 5. The maximum Gasteiger partial charge on any atom is 0.213 e. The van der Waals surface area contributed by atoms with Gasteiger partial charge in [-0.1, -0.05) is 30.3 Å². The Morgan fingerprint density at radius 1 is 1.00 bits per heavy atom. The van der Waals surface area contributed by atoms with Crippen LogP contribution in [0.15, 0.2) is 48.9 Å². The zero-order valence-corrected chi connectivity index (χ0v) is 17.9. The predicted octanol–water partition coefficient (Wildman–Crippen LogP) is 2.63.